The van der Waals surface area contributed by atoms with Crippen molar-refractivity contribution in [3.63, 3.8) is 0 Å². The fraction of sp³-hybridized carbons (Fsp3) is 0.217. The molecule has 5 nitrogen and oxygen atoms in total. The minimum absolute atomic E-state index is 0.0107. The molecule has 31 heavy (non-hydrogen) atoms. The first-order valence-electron chi connectivity index (χ1n) is 9.71. The van der Waals surface area contributed by atoms with Gasteiger partial charge in [-0.1, -0.05) is 44.8 Å². The first-order chi connectivity index (χ1) is 14.9. The molecule has 0 fully saturated rings. The molecule has 0 spiro atoms. The molecule has 1 N–H and O–H groups in total. The van der Waals surface area contributed by atoms with Crippen molar-refractivity contribution in [2.45, 2.75) is 26.3 Å². The Kier molecular flexibility index (Phi) is 6.43. The van der Waals surface area contributed by atoms with Crippen LogP contribution in [0.4, 0.5) is 4.39 Å². The summed E-state index contributed by atoms with van der Waals surface area (Å²) in [5.41, 5.74) is 3.81. The van der Waals surface area contributed by atoms with E-state index in [1.54, 1.807) is 6.07 Å². The third-order valence-corrected chi connectivity index (χ3v) is 5.72. The molecule has 3 aromatic rings. The van der Waals surface area contributed by atoms with Gasteiger partial charge in [0.25, 0.3) is 0 Å². The molecule has 0 saturated carbocycles. The molecular formula is C23H20BrClFN3O2. The normalized spacial score (nSPS) is 15.6. The van der Waals surface area contributed by atoms with Crippen LogP contribution in [0.2, 0.25) is 5.02 Å². The number of rotatable bonds is 5. The molecule has 1 atom stereocenters. The van der Waals surface area contributed by atoms with Crippen molar-refractivity contribution in [3.8, 4) is 11.5 Å². The van der Waals surface area contributed by atoms with E-state index in [2.05, 4.69) is 50.4 Å². The molecule has 0 saturated heterocycles. The zero-order valence-electron chi connectivity index (χ0n) is 17.0. The molecule has 0 amide bonds. The molecule has 0 radical (unpaired) electrons. The van der Waals surface area contributed by atoms with Gasteiger partial charge in [-0.2, -0.15) is 0 Å². The van der Waals surface area contributed by atoms with Crippen LogP contribution >= 0.6 is 27.5 Å². The lowest BCUT2D eigenvalue weighted by Gasteiger charge is -2.25. The molecule has 4 rings (SSSR count). The average Bonchev–Trinajstić information content (AvgIpc) is 2.75. The fourth-order valence-corrected chi connectivity index (χ4v) is 3.98. The van der Waals surface area contributed by atoms with Crippen LogP contribution < -0.4 is 10.1 Å². The van der Waals surface area contributed by atoms with Crippen LogP contribution in [0.1, 0.15) is 22.4 Å². The molecule has 160 valence electrons. The Morgan fingerprint density at radius 2 is 2.06 bits per heavy atom. The number of pyridine rings is 1. The number of ether oxygens (including phenoxy) is 1. The summed E-state index contributed by atoms with van der Waals surface area (Å²) >= 11 is 9.38. The monoisotopic (exact) mass is 503 g/mol. The second kappa shape index (κ2) is 9.24. The molecular weight excluding hydrogens is 485 g/mol. The number of aryl methyl sites for hydroxylation is 2. The number of nitrogens with zero attached hydrogens (tertiary/aromatic N) is 2. The fourth-order valence-electron chi connectivity index (χ4n) is 3.34. The molecule has 1 aliphatic heterocycles. The number of oxime groups is 1. The van der Waals surface area contributed by atoms with Crippen LogP contribution in [-0.2, 0) is 11.3 Å². The number of benzene rings is 2. The summed E-state index contributed by atoms with van der Waals surface area (Å²) in [6.45, 7) is 4.37. The standard InChI is InChI=1S/C23H20BrClFN3O2/c1-13-8-16(24)7-6-15(13)10-17-12-30-29-23(28-17)18-9-14(2)27-11-21(18)31-20-5-3-4-19(25)22(20)26/h3-9,11,17H,10,12H2,1-2H3,(H,28,29). The minimum Gasteiger partial charge on any atom is -0.452 e. The van der Waals surface area contributed by atoms with E-state index < -0.39 is 5.82 Å². The van der Waals surface area contributed by atoms with Crippen molar-refractivity contribution >= 4 is 33.4 Å². The Labute approximate surface area is 193 Å². The van der Waals surface area contributed by atoms with Gasteiger partial charge in [-0.25, -0.2) is 4.39 Å². The highest BCUT2D eigenvalue weighted by Gasteiger charge is 2.23. The van der Waals surface area contributed by atoms with Gasteiger partial charge in [-0.15, -0.1) is 0 Å². The lowest BCUT2D eigenvalue weighted by Crippen LogP contribution is -2.43. The predicted octanol–water partition coefficient (Wildman–Crippen LogP) is 5.94. The maximum Gasteiger partial charge on any atom is 0.184 e. The molecule has 1 unspecified atom stereocenters. The minimum atomic E-state index is -0.630. The second-order valence-corrected chi connectivity index (χ2v) is 8.65. The first kappa shape index (κ1) is 21.6. The Balaban J connectivity index is 1.59. The molecule has 1 aromatic heterocycles. The number of hydrogen-bond donors (Lipinski definition) is 1. The molecule has 1 aliphatic rings. The largest absolute Gasteiger partial charge is 0.452 e. The first-order valence-corrected chi connectivity index (χ1v) is 10.9. The highest BCUT2D eigenvalue weighted by atomic mass is 79.9. The van der Waals surface area contributed by atoms with E-state index in [0.29, 0.717) is 23.8 Å². The summed E-state index contributed by atoms with van der Waals surface area (Å²) in [5.74, 6) is 0.240. The number of halogens is 3. The highest BCUT2D eigenvalue weighted by molar-refractivity contribution is 9.10. The third kappa shape index (κ3) is 4.99. The van der Waals surface area contributed by atoms with Crippen molar-refractivity contribution in [2.24, 2.45) is 5.16 Å². The van der Waals surface area contributed by atoms with Crippen molar-refractivity contribution < 1.29 is 14.0 Å². The topological polar surface area (TPSA) is 55.7 Å². The summed E-state index contributed by atoms with van der Waals surface area (Å²) in [6, 6.07) is 12.6. The number of aromatic nitrogens is 1. The molecule has 0 bridgehead atoms. The van der Waals surface area contributed by atoms with Gasteiger partial charge in [0.2, 0.25) is 0 Å². The van der Waals surface area contributed by atoms with Gasteiger partial charge < -0.3 is 14.9 Å². The van der Waals surface area contributed by atoms with E-state index in [-0.39, 0.29) is 16.8 Å². The second-order valence-electron chi connectivity index (χ2n) is 7.33. The van der Waals surface area contributed by atoms with Crippen LogP contribution in [0.3, 0.4) is 0 Å². The molecule has 2 aromatic carbocycles. The Bertz CT molecular complexity index is 1160. The summed E-state index contributed by atoms with van der Waals surface area (Å²) in [7, 11) is 0. The quantitative estimate of drug-likeness (QED) is 0.467. The highest BCUT2D eigenvalue weighted by Crippen LogP contribution is 2.31. The van der Waals surface area contributed by atoms with E-state index in [1.807, 2.05) is 19.1 Å². The van der Waals surface area contributed by atoms with Crippen molar-refractivity contribution in [1.82, 2.24) is 10.3 Å². The van der Waals surface area contributed by atoms with Gasteiger partial charge in [0.15, 0.2) is 23.2 Å². The summed E-state index contributed by atoms with van der Waals surface area (Å²) < 4.78 is 21.2. The van der Waals surface area contributed by atoms with Crippen LogP contribution in [0, 0.1) is 19.7 Å². The molecule has 8 heteroatoms. The van der Waals surface area contributed by atoms with E-state index in [0.717, 1.165) is 16.6 Å². The predicted molar refractivity (Wildman–Crippen MR) is 122 cm³/mol. The number of hydrogen-bond acceptors (Lipinski definition) is 5. The zero-order valence-corrected chi connectivity index (χ0v) is 19.3. The smallest absolute Gasteiger partial charge is 0.184 e. The summed E-state index contributed by atoms with van der Waals surface area (Å²) in [6.07, 6.45) is 2.30. The summed E-state index contributed by atoms with van der Waals surface area (Å²) in [5, 5.41) is 7.59. The van der Waals surface area contributed by atoms with Crippen LogP contribution in [-0.4, -0.2) is 23.5 Å². The lowest BCUT2D eigenvalue weighted by molar-refractivity contribution is 0.109. The molecule has 0 aliphatic carbocycles. The van der Waals surface area contributed by atoms with Gasteiger partial charge in [0.1, 0.15) is 6.61 Å². The lowest BCUT2D eigenvalue weighted by atomic mass is 10.0. The maximum absolute atomic E-state index is 14.4. The van der Waals surface area contributed by atoms with E-state index in [4.69, 9.17) is 21.2 Å². The third-order valence-electron chi connectivity index (χ3n) is 4.94. The van der Waals surface area contributed by atoms with Crippen molar-refractivity contribution in [3.05, 3.63) is 86.4 Å². The number of amidine groups is 1. The SMILES string of the molecule is Cc1cc(C2=NOCC(Cc3ccc(Br)cc3C)N2)c(Oc2cccc(Cl)c2F)cn1. The van der Waals surface area contributed by atoms with Crippen LogP contribution in [0.25, 0.3) is 0 Å². The van der Waals surface area contributed by atoms with Gasteiger partial charge >= 0.3 is 0 Å². The van der Waals surface area contributed by atoms with E-state index in [1.165, 1.54) is 29.5 Å². The van der Waals surface area contributed by atoms with Crippen molar-refractivity contribution in [1.29, 1.82) is 0 Å². The Hall–Kier alpha value is -2.64. The average molecular weight is 505 g/mol. The maximum atomic E-state index is 14.4. The Morgan fingerprint density at radius 1 is 1.23 bits per heavy atom. The van der Waals surface area contributed by atoms with E-state index >= 15 is 0 Å². The van der Waals surface area contributed by atoms with Crippen molar-refractivity contribution in [2.75, 3.05) is 6.61 Å². The van der Waals surface area contributed by atoms with E-state index in [9.17, 15) is 4.39 Å². The summed E-state index contributed by atoms with van der Waals surface area (Å²) in [4.78, 5) is 9.80. The van der Waals surface area contributed by atoms with Crippen LogP contribution in [0.15, 0.2) is 58.3 Å². The van der Waals surface area contributed by atoms with Gasteiger partial charge in [-0.3, -0.25) is 4.98 Å². The number of nitrogens with one attached hydrogen (secondary N) is 1. The van der Waals surface area contributed by atoms with Gasteiger partial charge in [-0.05, 0) is 61.7 Å². The van der Waals surface area contributed by atoms with Gasteiger partial charge in [0.05, 0.1) is 22.8 Å². The molecule has 2 heterocycles. The van der Waals surface area contributed by atoms with Gasteiger partial charge in [0, 0.05) is 10.2 Å². The van der Waals surface area contributed by atoms with Crippen LogP contribution in [0.5, 0.6) is 11.5 Å². The zero-order chi connectivity index (χ0) is 22.0. The Morgan fingerprint density at radius 3 is 2.87 bits per heavy atom.